The first-order valence-electron chi connectivity index (χ1n) is 6.55. The van der Waals surface area contributed by atoms with Crippen molar-refractivity contribution in [2.24, 2.45) is 0 Å². The van der Waals surface area contributed by atoms with Crippen LogP contribution in [-0.4, -0.2) is 12.0 Å². The van der Waals surface area contributed by atoms with Crippen LogP contribution in [0.15, 0.2) is 60.9 Å². The van der Waals surface area contributed by atoms with Crippen LogP contribution in [0.2, 0.25) is 0 Å². The molecule has 20 heavy (non-hydrogen) atoms. The molecule has 0 amide bonds. The fourth-order valence-corrected chi connectivity index (χ4v) is 2.58. The van der Waals surface area contributed by atoms with E-state index in [4.69, 9.17) is 0 Å². The Morgan fingerprint density at radius 2 is 1.80 bits per heavy atom. The number of hydrogen-bond donors (Lipinski definition) is 1. The van der Waals surface area contributed by atoms with Gasteiger partial charge < -0.3 is 5.32 Å². The van der Waals surface area contributed by atoms with Crippen LogP contribution in [0.25, 0.3) is 10.8 Å². The van der Waals surface area contributed by atoms with Crippen LogP contribution in [0, 0.1) is 5.82 Å². The summed E-state index contributed by atoms with van der Waals surface area (Å²) in [5.74, 6) is -0.201. The summed E-state index contributed by atoms with van der Waals surface area (Å²) in [6.45, 7) is 0. The number of pyridine rings is 1. The van der Waals surface area contributed by atoms with E-state index < -0.39 is 0 Å². The average Bonchev–Trinajstić information content (AvgIpc) is 2.50. The summed E-state index contributed by atoms with van der Waals surface area (Å²) in [5.41, 5.74) is 1.68. The van der Waals surface area contributed by atoms with Gasteiger partial charge in [-0.2, -0.15) is 0 Å². The molecule has 0 bridgehead atoms. The topological polar surface area (TPSA) is 24.9 Å². The second kappa shape index (κ2) is 5.39. The molecule has 1 aromatic heterocycles. The smallest absolute Gasteiger partial charge is 0.128 e. The first kappa shape index (κ1) is 12.8. The number of aromatic nitrogens is 1. The van der Waals surface area contributed by atoms with Crippen molar-refractivity contribution in [3.63, 3.8) is 0 Å². The van der Waals surface area contributed by atoms with Gasteiger partial charge in [0.25, 0.3) is 0 Å². The van der Waals surface area contributed by atoms with Gasteiger partial charge in [0.15, 0.2) is 0 Å². The van der Waals surface area contributed by atoms with Crippen molar-refractivity contribution in [3.8, 4) is 0 Å². The first-order valence-corrected chi connectivity index (χ1v) is 6.55. The van der Waals surface area contributed by atoms with Crippen molar-refractivity contribution in [2.75, 3.05) is 7.05 Å². The van der Waals surface area contributed by atoms with Crippen molar-refractivity contribution in [2.45, 2.75) is 6.04 Å². The van der Waals surface area contributed by atoms with E-state index >= 15 is 0 Å². The molecule has 0 aliphatic heterocycles. The predicted octanol–water partition coefficient (Wildman–Crippen LogP) is 3.68. The predicted molar refractivity (Wildman–Crippen MR) is 79.0 cm³/mol. The van der Waals surface area contributed by atoms with Crippen LogP contribution in [0.1, 0.15) is 17.2 Å². The molecule has 1 heterocycles. The molecule has 0 radical (unpaired) electrons. The maximum absolute atomic E-state index is 14.1. The van der Waals surface area contributed by atoms with Crippen LogP contribution < -0.4 is 5.32 Å². The van der Waals surface area contributed by atoms with E-state index in [2.05, 4.69) is 10.3 Å². The van der Waals surface area contributed by atoms with Crippen molar-refractivity contribution < 1.29 is 4.39 Å². The lowest BCUT2D eigenvalue weighted by atomic mass is 9.94. The van der Waals surface area contributed by atoms with E-state index in [1.807, 2.05) is 49.6 Å². The minimum absolute atomic E-state index is 0.191. The van der Waals surface area contributed by atoms with E-state index in [-0.39, 0.29) is 11.9 Å². The number of nitrogens with zero attached hydrogens (tertiary/aromatic N) is 1. The van der Waals surface area contributed by atoms with Gasteiger partial charge >= 0.3 is 0 Å². The Hall–Kier alpha value is -2.26. The van der Waals surface area contributed by atoms with E-state index in [1.54, 1.807) is 12.3 Å². The first-order chi connectivity index (χ1) is 9.81. The average molecular weight is 266 g/mol. The van der Waals surface area contributed by atoms with Gasteiger partial charge in [0.2, 0.25) is 0 Å². The molecule has 3 rings (SSSR count). The van der Waals surface area contributed by atoms with Crippen LogP contribution in [0.4, 0.5) is 4.39 Å². The van der Waals surface area contributed by atoms with Gasteiger partial charge in [-0.05, 0) is 30.1 Å². The van der Waals surface area contributed by atoms with E-state index in [1.165, 1.54) is 6.07 Å². The highest BCUT2D eigenvalue weighted by Crippen LogP contribution is 2.29. The van der Waals surface area contributed by atoms with Crippen LogP contribution in [0.3, 0.4) is 0 Å². The molecule has 2 nitrogen and oxygen atoms in total. The molecule has 1 atom stereocenters. The number of halogens is 1. The summed E-state index contributed by atoms with van der Waals surface area (Å²) in [5, 5.41) is 5.34. The summed E-state index contributed by atoms with van der Waals surface area (Å²) >= 11 is 0. The molecule has 0 spiro atoms. The Bertz CT molecular complexity index is 734. The third-order valence-corrected chi connectivity index (χ3v) is 3.53. The standard InChI is InChI=1S/C17H15FN2/c1-19-17(14-6-2-3-8-16(14)18)13-7-4-5-12-9-10-20-11-15(12)13/h2-11,17,19H,1H3. The third-order valence-electron chi connectivity index (χ3n) is 3.53. The van der Waals surface area contributed by atoms with Crippen molar-refractivity contribution in [3.05, 3.63) is 77.9 Å². The number of fused-ring (bicyclic) bond motifs is 1. The van der Waals surface area contributed by atoms with Crippen LogP contribution in [-0.2, 0) is 0 Å². The molecule has 2 aromatic carbocycles. The highest BCUT2D eigenvalue weighted by Gasteiger charge is 2.17. The van der Waals surface area contributed by atoms with Gasteiger partial charge in [0.05, 0.1) is 6.04 Å². The second-order valence-electron chi connectivity index (χ2n) is 4.69. The maximum atomic E-state index is 14.1. The number of benzene rings is 2. The van der Waals surface area contributed by atoms with Gasteiger partial charge in [-0.25, -0.2) is 4.39 Å². The Labute approximate surface area is 117 Å². The Kier molecular flexibility index (Phi) is 3.44. The normalized spacial score (nSPS) is 12.5. The van der Waals surface area contributed by atoms with Gasteiger partial charge in [0.1, 0.15) is 5.82 Å². The highest BCUT2D eigenvalue weighted by atomic mass is 19.1. The summed E-state index contributed by atoms with van der Waals surface area (Å²) < 4.78 is 14.1. The second-order valence-corrected chi connectivity index (χ2v) is 4.69. The number of hydrogen-bond acceptors (Lipinski definition) is 2. The Morgan fingerprint density at radius 1 is 1.00 bits per heavy atom. The molecule has 0 saturated heterocycles. The molecular formula is C17H15FN2. The zero-order valence-corrected chi connectivity index (χ0v) is 11.2. The molecule has 100 valence electrons. The maximum Gasteiger partial charge on any atom is 0.128 e. The fraction of sp³-hybridized carbons (Fsp3) is 0.118. The quantitative estimate of drug-likeness (QED) is 0.782. The van der Waals surface area contributed by atoms with E-state index in [0.717, 1.165) is 16.3 Å². The van der Waals surface area contributed by atoms with Crippen LogP contribution >= 0.6 is 0 Å². The van der Waals surface area contributed by atoms with Gasteiger partial charge in [0, 0.05) is 23.3 Å². The Balaban J connectivity index is 2.20. The largest absolute Gasteiger partial charge is 0.309 e. The molecule has 0 fully saturated rings. The molecule has 1 unspecified atom stereocenters. The lowest BCUT2D eigenvalue weighted by Gasteiger charge is -2.19. The lowest BCUT2D eigenvalue weighted by molar-refractivity contribution is 0.577. The third kappa shape index (κ3) is 2.17. The van der Waals surface area contributed by atoms with Gasteiger partial charge in [-0.1, -0.05) is 36.4 Å². The SMILES string of the molecule is CNC(c1ccccc1F)c1cccc2ccncc12. The lowest BCUT2D eigenvalue weighted by Crippen LogP contribution is -2.19. The summed E-state index contributed by atoms with van der Waals surface area (Å²) in [6, 6.07) is 14.7. The zero-order valence-electron chi connectivity index (χ0n) is 11.2. The summed E-state index contributed by atoms with van der Waals surface area (Å²) in [6.07, 6.45) is 3.60. The van der Waals surface area contributed by atoms with E-state index in [0.29, 0.717) is 5.56 Å². The summed E-state index contributed by atoms with van der Waals surface area (Å²) in [4.78, 5) is 4.18. The van der Waals surface area contributed by atoms with Crippen molar-refractivity contribution in [1.29, 1.82) is 0 Å². The van der Waals surface area contributed by atoms with E-state index in [9.17, 15) is 4.39 Å². The van der Waals surface area contributed by atoms with Crippen molar-refractivity contribution in [1.82, 2.24) is 10.3 Å². The minimum Gasteiger partial charge on any atom is -0.309 e. The highest BCUT2D eigenvalue weighted by molar-refractivity contribution is 5.85. The molecule has 3 aromatic rings. The molecule has 3 heteroatoms. The minimum atomic E-state index is -0.201. The Morgan fingerprint density at radius 3 is 2.60 bits per heavy atom. The summed E-state index contributed by atoms with van der Waals surface area (Å²) in [7, 11) is 1.84. The van der Waals surface area contributed by atoms with Crippen LogP contribution in [0.5, 0.6) is 0 Å². The zero-order chi connectivity index (χ0) is 13.9. The number of rotatable bonds is 3. The molecule has 0 aliphatic carbocycles. The van der Waals surface area contributed by atoms with Gasteiger partial charge in [-0.3, -0.25) is 4.98 Å². The molecular weight excluding hydrogens is 251 g/mol. The number of nitrogens with one attached hydrogen (secondary N) is 1. The fourth-order valence-electron chi connectivity index (χ4n) is 2.58. The monoisotopic (exact) mass is 266 g/mol. The van der Waals surface area contributed by atoms with Gasteiger partial charge in [-0.15, -0.1) is 0 Å². The van der Waals surface area contributed by atoms with Crippen molar-refractivity contribution >= 4 is 10.8 Å². The molecule has 0 saturated carbocycles. The molecule has 0 aliphatic rings. The molecule has 1 N–H and O–H groups in total.